The summed E-state index contributed by atoms with van der Waals surface area (Å²) in [5.41, 5.74) is 1.14. The lowest BCUT2D eigenvalue weighted by Gasteiger charge is -2.13. The summed E-state index contributed by atoms with van der Waals surface area (Å²) in [4.78, 5) is 25.8. The molecule has 0 saturated heterocycles. The molecule has 0 unspecified atom stereocenters. The van der Waals surface area contributed by atoms with Crippen molar-refractivity contribution in [2.75, 3.05) is 11.1 Å². The minimum atomic E-state index is -4.58. The summed E-state index contributed by atoms with van der Waals surface area (Å²) in [5.74, 6) is -0.611. The minimum absolute atomic E-state index is 0.0199. The number of aryl methyl sites for hydroxylation is 1. The molecule has 0 aliphatic carbocycles. The Hall–Kier alpha value is -4.35. The number of hydrogen-bond donors (Lipinski definition) is 2. The van der Waals surface area contributed by atoms with Gasteiger partial charge in [0.2, 0.25) is 5.91 Å². The zero-order valence-corrected chi connectivity index (χ0v) is 23.6. The second kappa shape index (κ2) is 12.3. The molecule has 1 aromatic heterocycles. The summed E-state index contributed by atoms with van der Waals surface area (Å²) < 4.78 is 41.1. The highest BCUT2D eigenvalue weighted by Gasteiger charge is 2.31. The van der Waals surface area contributed by atoms with Gasteiger partial charge in [-0.25, -0.2) is 0 Å². The van der Waals surface area contributed by atoms with Crippen molar-refractivity contribution >= 4 is 51.6 Å². The number of aromatic nitrogens is 3. The van der Waals surface area contributed by atoms with Crippen LogP contribution in [0.5, 0.6) is 0 Å². The molecule has 0 bridgehead atoms. The lowest BCUT2D eigenvalue weighted by Crippen LogP contribution is -2.25. The van der Waals surface area contributed by atoms with Crippen LogP contribution in [-0.4, -0.2) is 32.3 Å². The monoisotopic (exact) mass is 609 g/mol. The van der Waals surface area contributed by atoms with Gasteiger partial charge in [-0.3, -0.25) is 14.2 Å². The molecule has 12 heteroatoms. The summed E-state index contributed by atoms with van der Waals surface area (Å²) in [6.07, 6.45) is -4.58. The number of alkyl halides is 3. The largest absolute Gasteiger partial charge is 0.416 e. The molecule has 2 N–H and O–H groups in total. The number of thioether (sulfide) groups is 1. The van der Waals surface area contributed by atoms with Crippen molar-refractivity contribution in [3.05, 3.63) is 112 Å². The van der Waals surface area contributed by atoms with Gasteiger partial charge in [0.1, 0.15) is 0 Å². The molecule has 0 aliphatic heterocycles. The number of carbonyl (C=O) groups is 2. The first kappa shape index (κ1) is 29.2. The van der Waals surface area contributed by atoms with Crippen LogP contribution < -0.4 is 10.6 Å². The normalized spacial score (nSPS) is 11.5. The average Bonchev–Trinajstić information content (AvgIpc) is 3.38. The Morgan fingerprint density at radius 2 is 1.71 bits per heavy atom. The number of hydrogen-bond acceptors (Lipinski definition) is 5. The van der Waals surface area contributed by atoms with Crippen molar-refractivity contribution in [1.82, 2.24) is 20.1 Å². The summed E-state index contributed by atoms with van der Waals surface area (Å²) in [5, 5.41) is 15.9. The highest BCUT2D eigenvalue weighted by Crippen LogP contribution is 2.34. The van der Waals surface area contributed by atoms with Gasteiger partial charge in [-0.15, -0.1) is 10.2 Å². The Bertz CT molecular complexity index is 1790. The van der Waals surface area contributed by atoms with Crippen LogP contribution in [0.25, 0.3) is 16.5 Å². The first-order valence-electron chi connectivity index (χ1n) is 12.7. The predicted octanol–water partition coefficient (Wildman–Crippen LogP) is 7.06. The van der Waals surface area contributed by atoms with E-state index < -0.39 is 17.6 Å². The van der Waals surface area contributed by atoms with Crippen molar-refractivity contribution in [3.8, 4) is 5.69 Å². The van der Waals surface area contributed by atoms with E-state index in [4.69, 9.17) is 11.6 Å². The lowest BCUT2D eigenvalue weighted by atomic mass is 10.0. The molecular formula is C30H23ClF3N5O2S. The average molecular weight is 610 g/mol. The molecular weight excluding hydrogens is 587 g/mol. The molecule has 42 heavy (non-hydrogen) atoms. The molecule has 7 nitrogen and oxygen atoms in total. The standard InChI is InChI=1S/C30H23ClF3N5O2S/c1-18-6-4-9-21(14-18)39-26(16-35-28(41)23-11-5-8-19-7-2-3-10-22(19)23)37-38-29(39)42-17-27(40)36-25-15-20(30(32,33)34)12-13-24(25)31/h2-15H,16-17H2,1H3,(H,35,41)(H,36,40). The molecule has 4 aromatic carbocycles. The Morgan fingerprint density at radius 3 is 2.50 bits per heavy atom. The molecule has 0 saturated carbocycles. The Kier molecular flexibility index (Phi) is 8.51. The summed E-state index contributed by atoms with van der Waals surface area (Å²) in [6.45, 7) is 1.98. The number of rotatable bonds is 8. The molecule has 0 radical (unpaired) electrons. The predicted molar refractivity (Wildman–Crippen MR) is 157 cm³/mol. The van der Waals surface area contributed by atoms with Crippen molar-refractivity contribution in [2.24, 2.45) is 0 Å². The zero-order valence-electron chi connectivity index (χ0n) is 22.1. The van der Waals surface area contributed by atoms with Crippen LogP contribution in [0.4, 0.5) is 18.9 Å². The molecule has 214 valence electrons. The fourth-order valence-electron chi connectivity index (χ4n) is 4.33. The Labute approximate surface area is 248 Å². The first-order valence-corrected chi connectivity index (χ1v) is 14.0. The molecule has 0 spiro atoms. The molecule has 1 heterocycles. The van der Waals surface area contributed by atoms with E-state index >= 15 is 0 Å². The first-order chi connectivity index (χ1) is 20.1. The minimum Gasteiger partial charge on any atom is -0.345 e. The van der Waals surface area contributed by atoms with Crippen LogP contribution in [0, 0.1) is 6.92 Å². The number of halogens is 4. The maximum absolute atomic E-state index is 13.1. The van der Waals surface area contributed by atoms with Gasteiger partial charge in [-0.05, 0) is 59.7 Å². The fraction of sp³-hybridized carbons (Fsp3) is 0.133. The second-order valence-corrected chi connectivity index (χ2v) is 10.7. The van der Waals surface area contributed by atoms with E-state index in [0.29, 0.717) is 16.5 Å². The second-order valence-electron chi connectivity index (χ2n) is 9.31. The smallest absolute Gasteiger partial charge is 0.345 e. The van der Waals surface area contributed by atoms with Gasteiger partial charge in [-0.1, -0.05) is 71.9 Å². The van der Waals surface area contributed by atoms with Gasteiger partial charge in [0.05, 0.1) is 28.6 Å². The van der Waals surface area contributed by atoms with E-state index in [-0.39, 0.29) is 28.9 Å². The van der Waals surface area contributed by atoms with Crippen LogP contribution >= 0.6 is 23.4 Å². The topological polar surface area (TPSA) is 88.9 Å². The van der Waals surface area contributed by atoms with Crippen molar-refractivity contribution < 1.29 is 22.8 Å². The number of carbonyl (C=O) groups excluding carboxylic acids is 2. The van der Waals surface area contributed by atoms with E-state index in [1.807, 2.05) is 67.6 Å². The molecule has 0 atom stereocenters. The third kappa shape index (κ3) is 6.58. The number of nitrogens with zero attached hydrogens (tertiary/aromatic N) is 3. The number of benzene rings is 4. The van der Waals surface area contributed by atoms with E-state index in [1.54, 1.807) is 10.6 Å². The third-order valence-electron chi connectivity index (χ3n) is 6.30. The van der Waals surface area contributed by atoms with Gasteiger partial charge < -0.3 is 10.6 Å². The van der Waals surface area contributed by atoms with Crippen LogP contribution in [0.15, 0.2) is 90.1 Å². The SMILES string of the molecule is Cc1cccc(-n2c(CNC(=O)c3cccc4ccccc34)nnc2SCC(=O)Nc2cc(C(F)(F)F)ccc2Cl)c1. The van der Waals surface area contributed by atoms with Crippen molar-refractivity contribution in [2.45, 2.75) is 24.8 Å². The highest BCUT2D eigenvalue weighted by molar-refractivity contribution is 7.99. The maximum Gasteiger partial charge on any atom is 0.416 e. The van der Waals surface area contributed by atoms with Gasteiger partial charge in [-0.2, -0.15) is 13.2 Å². The number of amides is 2. The van der Waals surface area contributed by atoms with E-state index in [2.05, 4.69) is 20.8 Å². The quantitative estimate of drug-likeness (QED) is 0.184. The van der Waals surface area contributed by atoms with E-state index in [0.717, 1.165) is 52.0 Å². The van der Waals surface area contributed by atoms with Crippen LogP contribution in [-0.2, 0) is 17.5 Å². The Balaban J connectivity index is 1.34. The Morgan fingerprint density at radius 1 is 0.952 bits per heavy atom. The molecule has 5 rings (SSSR count). The van der Waals surface area contributed by atoms with E-state index in [9.17, 15) is 22.8 Å². The van der Waals surface area contributed by atoms with Gasteiger partial charge in [0.15, 0.2) is 11.0 Å². The third-order valence-corrected chi connectivity index (χ3v) is 7.56. The molecule has 5 aromatic rings. The van der Waals surface area contributed by atoms with Gasteiger partial charge >= 0.3 is 6.18 Å². The molecule has 0 aliphatic rings. The van der Waals surface area contributed by atoms with Crippen LogP contribution in [0.1, 0.15) is 27.3 Å². The summed E-state index contributed by atoms with van der Waals surface area (Å²) >= 11 is 7.06. The van der Waals surface area contributed by atoms with Crippen molar-refractivity contribution in [1.29, 1.82) is 0 Å². The highest BCUT2D eigenvalue weighted by atomic mass is 35.5. The zero-order chi connectivity index (χ0) is 29.9. The number of fused-ring (bicyclic) bond motifs is 1. The van der Waals surface area contributed by atoms with Crippen molar-refractivity contribution in [3.63, 3.8) is 0 Å². The lowest BCUT2D eigenvalue weighted by molar-refractivity contribution is -0.137. The number of nitrogens with one attached hydrogen (secondary N) is 2. The van der Waals surface area contributed by atoms with Gasteiger partial charge in [0.25, 0.3) is 5.91 Å². The number of anilines is 1. The molecule has 2 amide bonds. The molecule has 0 fully saturated rings. The fourth-order valence-corrected chi connectivity index (χ4v) is 5.26. The summed E-state index contributed by atoms with van der Waals surface area (Å²) in [6, 6.07) is 23.3. The van der Waals surface area contributed by atoms with Gasteiger partial charge in [0, 0.05) is 11.3 Å². The maximum atomic E-state index is 13.1. The van der Waals surface area contributed by atoms with Crippen LogP contribution in [0.2, 0.25) is 5.02 Å². The summed E-state index contributed by atoms with van der Waals surface area (Å²) in [7, 11) is 0. The van der Waals surface area contributed by atoms with E-state index in [1.165, 1.54) is 0 Å². The van der Waals surface area contributed by atoms with Crippen LogP contribution in [0.3, 0.4) is 0 Å².